The summed E-state index contributed by atoms with van der Waals surface area (Å²) >= 11 is 1.53. The Bertz CT molecular complexity index is 1260. The first-order valence-electron chi connectivity index (χ1n) is 18.6. The third-order valence-electron chi connectivity index (χ3n) is 8.17. The first-order chi connectivity index (χ1) is 24.2. The average Bonchev–Trinajstić information content (AvgIpc) is 3.03. The molecule has 0 aliphatic carbocycles. The second-order valence-electron chi connectivity index (χ2n) is 16.0. The molecule has 6 N–H and O–H groups in total. The van der Waals surface area contributed by atoms with Crippen LogP contribution in [0.15, 0.2) is 30.3 Å². The van der Waals surface area contributed by atoms with Crippen LogP contribution < -0.4 is 26.6 Å². The van der Waals surface area contributed by atoms with Crippen LogP contribution in [0.4, 0.5) is 4.79 Å². The summed E-state index contributed by atoms with van der Waals surface area (Å²) in [5.74, 6) is -1.38. The van der Waals surface area contributed by atoms with Crippen LogP contribution in [0, 0.1) is 23.7 Å². The van der Waals surface area contributed by atoms with Crippen LogP contribution in [-0.4, -0.2) is 82.7 Å². The first kappa shape index (κ1) is 46.7. The van der Waals surface area contributed by atoms with Crippen LogP contribution in [0.1, 0.15) is 107 Å². The van der Waals surface area contributed by atoms with Crippen molar-refractivity contribution < 1.29 is 33.8 Å². The van der Waals surface area contributed by atoms with Gasteiger partial charge in [0.1, 0.15) is 23.7 Å². The lowest BCUT2D eigenvalue weighted by Crippen LogP contribution is -2.57. The summed E-state index contributed by atoms with van der Waals surface area (Å²) in [7, 11) is 0. The van der Waals surface area contributed by atoms with E-state index in [4.69, 9.17) is 4.74 Å². The van der Waals surface area contributed by atoms with Crippen molar-refractivity contribution in [1.82, 2.24) is 26.6 Å². The van der Waals surface area contributed by atoms with Gasteiger partial charge >= 0.3 is 6.09 Å². The van der Waals surface area contributed by atoms with Gasteiger partial charge in [-0.05, 0) is 88.2 Å². The Morgan fingerprint density at radius 3 is 1.73 bits per heavy atom. The van der Waals surface area contributed by atoms with E-state index in [1.54, 1.807) is 27.7 Å². The minimum atomic E-state index is -1.08. The highest BCUT2D eigenvalue weighted by atomic mass is 32.2. The molecule has 0 spiro atoms. The number of hydrogen-bond acceptors (Lipinski definition) is 8. The zero-order chi connectivity index (χ0) is 39.6. The molecular weight excluding hydrogens is 683 g/mol. The fourth-order valence-electron chi connectivity index (χ4n) is 5.59. The van der Waals surface area contributed by atoms with Crippen LogP contribution in [0.3, 0.4) is 0 Å². The highest BCUT2D eigenvalue weighted by molar-refractivity contribution is 7.98. The summed E-state index contributed by atoms with van der Waals surface area (Å²) in [6.07, 6.45) is 1.68. The lowest BCUT2D eigenvalue weighted by atomic mass is 9.91. The smallest absolute Gasteiger partial charge is 0.408 e. The largest absolute Gasteiger partial charge is 0.444 e. The molecular formula is C39H67N5O7S. The van der Waals surface area contributed by atoms with E-state index in [1.165, 1.54) is 11.8 Å². The number of alkyl carbamates (subject to hydrolysis) is 1. The Hall–Kier alpha value is -3.32. The Morgan fingerprint density at radius 2 is 1.21 bits per heavy atom. The molecule has 0 saturated heterocycles. The van der Waals surface area contributed by atoms with Gasteiger partial charge in [0, 0.05) is 12.5 Å². The number of carbonyl (C=O) groups excluding carboxylic acids is 5. The molecule has 0 aliphatic rings. The van der Waals surface area contributed by atoms with Gasteiger partial charge in [-0.15, -0.1) is 0 Å². The van der Waals surface area contributed by atoms with Crippen molar-refractivity contribution in [3.63, 3.8) is 0 Å². The van der Waals surface area contributed by atoms with Crippen LogP contribution in [0.5, 0.6) is 0 Å². The number of thioether (sulfide) groups is 1. The molecule has 6 atom stereocenters. The van der Waals surface area contributed by atoms with E-state index in [1.807, 2.05) is 78.1 Å². The summed E-state index contributed by atoms with van der Waals surface area (Å²) in [6.45, 7) is 19.0. The topological polar surface area (TPSA) is 175 Å². The second-order valence-corrected chi connectivity index (χ2v) is 17.0. The molecule has 52 heavy (non-hydrogen) atoms. The summed E-state index contributed by atoms with van der Waals surface area (Å²) in [6, 6.07) is 6.23. The molecule has 12 nitrogen and oxygen atoms in total. The van der Waals surface area contributed by atoms with E-state index in [0.29, 0.717) is 38.0 Å². The summed E-state index contributed by atoms with van der Waals surface area (Å²) < 4.78 is 5.37. The first-order valence-corrected chi connectivity index (χ1v) is 20.0. The van der Waals surface area contributed by atoms with Gasteiger partial charge in [-0.2, -0.15) is 11.8 Å². The van der Waals surface area contributed by atoms with Gasteiger partial charge in [0.05, 0.1) is 12.1 Å². The van der Waals surface area contributed by atoms with E-state index >= 15 is 0 Å². The summed E-state index contributed by atoms with van der Waals surface area (Å²) in [5.41, 5.74) is 0.199. The molecule has 0 aliphatic heterocycles. The minimum absolute atomic E-state index is 0.0433. The molecule has 0 bridgehead atoms. The zero-order valence-corrected chi connectivity index (χ0v) is 34.2. The number of ether oxygens (including phenoxy) is 1. The molecule has 0 heterocycles. The van der Waals surface area contributed by atoms with Crippen LogP contribution in [0.2, 0.25) is 0 Å². The van der Waals surface area contributed by atoms with Gasteiger partial charge in [-0.25, -0.2) is 4.79 Å². The minimum Gasteiger partial charge on any atom is -0.444 e. The average molecular weight is 750 g/mol. The van der Waals surface area contributed by atoms with Crippen LogP contribution in [0.25, 0.3) is 0 Å². The van der Waals surface area contributed by atoms with Crippen LogP contribution >= 0.6 is 11.8 Å². The molecule has 1 rings (SSSR count). The molecule has 296 valence electrons. The highest BCUT2D eigenvalue weighted by Crippen LogP contribution is 2.18. The van der Waals surface area contributed by atoms with Crippen molar-refractivity contribution in [2.45, 2.75) is 144 Å². The lowest BCUT2D eigenvalue weighted by Gasteiger charge is -2.30. The fraction of sp³-hybridized carbons (Fsp3) is 0.718. The number of rotatable bonds is 22. The fourth-order valence-corrected chi connectivity index (χ4v) is 6.06. The summed E-state index contributed by atoms with van der Waals surface area (Å²) in [4.78, 5) is 66.3. The van der Waals surface area contributed by atoms with Crippen molar-refractivity contribution >= 4 is 41.5 Å². The van der Waals surface area contributed by atoms with E-state index in [-0.39, 0.29) is 36.0 Å². The second kappa shape index (κ2) is 23.4. The quantitative estimate of drug-likeness (QED) is 0.0968. The monoisotopic (exact) mass is 749 g/mol. The molecule has 5 amide bonds. The van der Waals surface area contributed by atoms with Crippen molar-refractivity contribution in [2.75, 3.05) is 12.0 Å². The number of hydrogen-bond donors (Lipinski definition) is 6. The maximum absolute atomic E-state index is 13.8. The number of carbonyl (C=O) groups is 5. The third kappa shape index (κ3) is 19.5. The maximum Gasteiger partial charge on any atom is 0.408 e. The van der Waals surface area contributed by atoms with Crippen molar-refractivity contribution in [2.24, 2.45) is 23.7 Å². The van der Waals surface area contributed by atoms with Crippen molar-refractivity contribution in [1.29, 1.82) is 0 Å². The molecule has 0 saturated carbocycles. The summed E-state index contributed by atoms with van der Waals surface area (Å²) in [5, 5.41) is 25.7. The SMILES string of the molecule is CSCCC(NC(=O)[C@H](CC(C)C)NC(=O)OC(C)(C)C)C(=O)N[C@@H](CC(C)C)[C@@H](O)C[C@@H](C)C(=O)N[C@@H](CC(C)C)C(=O)NCc1ccccc1. The van der Waals surface area contributed by atoms with E-state index < -0.39 is 59.7 Å². The maximum atomic E-state index is 13.8. The molecule has 0 fully saturated rings. The molecule has 13 heteroatoms. The number of aliphatic hydroxyl groups excluding tert-OH is 1. The normalized spacial score (nSPS) is 15.2. The Balaban J connectivity index is 3.05. The van der Waals surface area contributed by atoms with Gasteiger partial charge in [0.25, 0.3) is 0 Å². The van der Waals surface area contributed by atoms with Gasteiger partial charge < -0.3 is 36.4 Å². The van der Waals surface area contributed by atoms with Crippen LogP contribution in [-0.2, 0) is 30.5 Å². The van der Waals surface area contributed by atoms with Crippen molar-refractivity contribution in [3.8, 4) is 0 Å². The Kier molecular flexibility index (Phi) is 21.0. The third-order valence-corrected chi connectivity index (χ3v) is 8.81. The highest BCUT2D eigenvalue weighted by Gasteiger charge is 2.33. The standard InChI is InChI=1S/C39H67N5O7S/c1-24(2)19-30(33(45)22-27(7)34(46)43-31(20-25(3)4)35(47)40-23-28-15-13-12-14-16-28)42-36(48)29(17-18-52-11)41-37(49)32(21-26(5)6)44-38(50)51-39(8,9)10/h12-16,24-27,29-33,45H,17-23H2,1-11H3,(H,40,47)(H,41,49)(H,42,48)(H,43,46)(H,44,50)/t27-,29?,30+,31+,32+,33+/m1/s1. The van der Waals surface area contributed by atoms with Gasteiger partial charge in [0.15, 0.2) is 0 Å². The Morgan fingerprint density at radius 1 is 0.692 bits per heavy atom. The Labute approximate surface area is 316 Å². The molecule has 0 aromatic heterocycles. The molecule has 1 unspecified atom stereocenters. The van der Waals surface area contributed by atoms with E-state index in [2.05, 4.69) is 26.6 Å². The van der Waals surface area contributed by atoms with E-state index in [9.17, 15) is 29.1 Å². The predicted octanol–water partition coefficient (Wildman–Crippen LogP) is 4.93. The molecule has 1 aromatic rings. The van der Waals surface area contributed by atoms with Gasteiger partial charge in [0.2, 0.25) is 23.6 Å². The number of nitrogens with one attached hydrogen (secondary N) is 5. The molecule has 0 radical (unpaired) electrons. The predicted molar refractivity (Wildman–Crippen MR) is 208 cm³/mol. The van der Waals surface area contributed by atoms with E-state index in [0.717, 1.165) is 5.56 Å². The number of amides is 5. The number of aliphatic hydroxyl groups is 1. The van der Waals surface area contributed by atoms with Gasteiger partial charge in [-0.3, -0.25) is 19.2 Å². The zero-order valence-electron chi connectivity index (χ0n) is 33.3. The van der Waals surface area contributed by atoms with Crippen molar-refractivity contribution in [3.05, 3.63) is 35.9 Å². The number of benzene rings is 1. The lowest BCUT2D eigenvalue weighted by molar-refractivity contribution is -0.132. The molecule has 1 aromatic carbocycles. The van der Waals surface area contributed by atoms with Gasteiger partial charge in [-0.1, -0.05) is 78.8 Å².